The summed E-state index contributed by atoms with van der Waals surface area (Å²) in [6.07, 6.45) is 2.03. The molecule has 134 valence electrons. The van der Waals surface area contributed by atoms with Crippen molar-refractivity contribution in [3.8, 4) is 0 Å². The summed E-state index contributed by atoms with van der Waals surface area (Å²) in [6, 6.07) is 6.48. The predicted molar refractivity (Wildman–Crippen MR) is 87.3 cm³/mol. The summed E-state index contributed by atoms with van der Waals surface area (Å²) >= 11 is 0. The van der Waals surface area contributed by atoms with Crippen molar-refractivity contribution in [2.75, 3.05) is 19.8 Å². The molecule has 2 atom stereocenters. The van der Waals surface area contributed by atoms with Crippen molar-refractivity contribution >= 4 is 0 Å². The fourth-order valence-electron chi connectivity index (χ4n) is 3.71. The first-order valence-corrected chi connectivity index (χ1v) is 8.77. The number of rotatable bonds is 4. The second kappa shape index (κ2) is 7.19. The molecule has 2 fully saturated rings. The van der Waals surface area contributed by atoms with Gasteiger partial charge in [0.05, 0.1) is 12.6 Å². The zero-order valence-corrected chi connectivity index (χ0v) is 14.0. The van der Waals surface area contributed by atoms with Crippen LogP contribution in [0, 0.1) is 5.82 Å². The Morgan fingerprint density at radius 2 is 1.96 bits per heavy atom. The molecule has 0 saturated carbocycles. The van der Waals surface area contributed by atoms with Crippen LogP contribution in [0.25, 0.3) is 0 Å². The lowest BCUT2D eigenvalue weighted by Gasteiger charge is -2.23. The summed E-state index contributed by atoms with van der Waals surface area (Å²) in [5.74, 6) is 1.32. The third-order valence-electron chi connectivity index (χ3n) is 5.03. The van der Waals surface area contributed by atoms with E-state index in [2.05, 4.69) is 15.0 Å². The molecule has 1 aromatic carbocycles. The average Bonchev–Trinajstić information content (AvgIpc) is 3.23. The van der Waals surface area contributed by atoms with E-state index < -0.39 is 6.10 Å². The highest BCUT2D eigenvalue weighted by Gasteiger charge is 2.33. The van der Waals surface area contributed by atoms with Crippen molar-refractivity contribution in [3.05, 3.63) is 47.4 Å². The minimum atomic E-state index is -0.406. The van der Waals surface area contributed by atoms with Crippen molar-refractivity contribution in [3.63, 3.8) is 0 Å². The van der Waals surface area contributed by atoms with E-state index >= 15 is 0 Å². The Morgan fingerprint density at radius 1 is 1.20 bits per heavy atom. The molecule has 4 rings (SSSR count). The first-order chi connectivity index (χ1) is 12.2. The molecule has 2 saturated heterocycles. The van der Waals surface area contributed by atoms with Crippen LogP contribution in [0.2, 0.25) is 0 Å². The number of benzene rings is 1. The molecule has 2 aliphatic heterocycles. The normalized spacial score (nSPS) is 25.5. The molecule has 7 heteroatoms. The Labute approximate surface area is 145 Å². The largest absolute Gasteiger partial charge is 0.392 e. The molecule has 0 unspecified atom stereocenters. The van der Waals surface area contributed by atoms with E-state index in [1.807, 2.05) is 0 Å². The number of aliphatic hydroxyl groups excluding tert-OH is 1. The van der Waals surface area contributed by atoms with Gasteiger partial charge in [-0.3, -0.25) is 4.90 Å². The van der Waals surface area contributed by atoms with Gasteiger partial charge >= 0.3 is 0 Å². The maximum Gasteiger partial charge on any atom is 0.229 e. The highest BCUT2D eigenvalue weighted by molar-refractivity contribution is 5.21. The molecule has 6 nitrogen and oxygen atoms in total. The van der Waals surface area contributed by atoms with Crippen LogP contribution in [0.4, 0.5) is 4.39 Å². The van der Waals surface area contributed by atoms with E-state index in [1.165, 1.54) is 12.1 Å². The first kappa shape index (κ1) is 16.6. The molecule has 1 N–H and O–H groups in total. The molecule has 1 aromatic heterocycles. The summed E-state index contributed by atoms with van der Waals surface area (Å²) in [6.45, 7) is 2.51. The van der Waals surface area contributed by atoms with Gasteiger partial charge in [-0.15, -0.1) is 0 Å². The Bertz CT molecular complexity index is 700. The quantitative estimate of drug-likeness (QED) is 0.916. The van der Waals surface area contributed by atoms with E-state index in [0.717, 1.165) is 31.6 Å². The highest BCUT2D eigenvalue weighted by Crippen LogP contribution is 2.33. The molecular formula is C18H22FN3O3. The number of halogens is 1. The van der Waals surface area contributed by atoms with Crippen LogP contribution in [0.5, 0.6) is 0 Å². The molecule has 0 aliphatic carbocycles. The van der Waals surface area contributed by atoms with E-state index in [-0.39, 0.29) is 17.8 Å². The lowest BCUT2D eigenvalue weighted by Crippen LogP contribution is -2.25. The van der Waals surface area contributed by atoms with Crippen molar-refractivity contribution < 1.29 is 18.8 Å². The van der Waals surface area contributed by atoms with E-state index in [9.17, 15) is 9.50 Å². The van der Waals surface area contributed by atoms with Gasteiger partial charge < -0.3 is 14.4 Å². The van der Waals surface area contributed by atoms with Crippen molar-refractivity contribution in [1.29, 1.82) is 0 Å². The van der Waals surface area contributed by atoms with Gasteiger partial charge in [0.2, 0.25) is 5.89 Å². The van der Waals surface area contributed by atoms with Gasteiger partial charge in [0.15, 0.2) is 5.82 Å². The minimum absolute atomic E-state index is 0.0284. The van der Waals surface area contributed by atoms with Gasteiger partial charge in [0.25, 0.3) is 0 Å². The highest BCUT2D eigenvalue weighted by atomic mass is 19.1. The van der Waals surface area contributed by atoms with Crippen LogP contribution in [0.3, 0.4) is 0 Å². The van der Waals surface area contributed by atoms with Gasteiger partial charge in [-0.1, -0.05) is 17.3 Å². The minimum Gasteiger partial charge on any atom is -0.392 e. The number of aromatic nitrogens is 2. The number of ether oxygens (including phenoxy) is 1. The SMILES string of the molecule is O[C@@H]1C[C@H](c2ccc(F)cc2)N(Cc2noc(C3CCOCC3)n2)C1. The number of hydrogen-bond acceptors (Lipinski definition) is 6. The molecule has 0 spiro atoms. The third-order valence-corrected chi connectivity index (χ3v) is 5.03. The molecule has 0 radical (unpaired) electrons. The van der Waals surface area contributed by atoms with Crippen molar-refractivity contribution in [2.24, 2.45) is 0 Å². The van der Waals surface area contributed by atoms with Crippen molar-refractivity contribution in [2.45, 2.75) is 43.9 Å². The average molecular weight is 347 g/mol. The number of aliphatic hydroxyl groups is 1. The summed E-state index contributed by atoms with van der Waals surface area (Å²) in [5, 5.41) is 14.2. The van der Waals surface area contributed by atoms with Crippen LogP contribution in [-0.2, 0) is 11.3 Å². The predicted octanol–water partition coefficient (Wildman–Crippen LogP) is 2.41. The zero-order valence-electron chi connectivity index (χ0n) is 14.0. The van der Waals surface area contributed by atoms with Gasteiger partial charge in [-0.2, -0.15) is 4.98 Å². The van der Waals surface area contributed by atoms with Gasteiger partial charge in [0, 0.05) is 31.7 Å². The van der Waals surface area contributed by atoms with E-state index in [4.69, 9.17) is 9.26 Å². The Kier molecular flexibility index (Phi) is 4.78. The maximum absolute atomic E-state index is 13.2. The molecule has 2 aromatic rings. The first-order valence-electron chi connectivity index (χ1n) is 8.77. The van der Waals surface area contributed by atoms with Crippen LogP contribution in [0.1, 0.15) is 48.5 Å². The molecule has 25 heavy (non-hydrogen) atoms. The smallest absolute Gasteiger partial charge is 0.229 e. The van der Waals surface area contributed by atoms with Gasteiger partial charge in [0.1, 0.15) is 5.82 Å². The Hall–Kier alpha value is -1.83. The Balaban J connectivity index is 1.47. The van der Waals surface area contributed by atoms with Crippen LogP contribution < -0.4 is 0 Å². The number of likely N-dealkylation sites (tertiary alicyclic amines) is 1. The molecule has 3 heterocycles. The standard InChI is InChI=1S/C18H22FN3O3/c19-14-3-1-12(2-4-14)16-9-15(23)10-22(16)11-17-20-18(25-21-17)13-5-7-24-8-6-13/h1-4,13,15-16,23H,5-11H2/t15-,16-/m1/s1. The molecule has 2 aliphatic rings. The monoisotopic (exact) mass is 347 g/mol. The Morgan fingerprint density at radius 3 is 2.72 bits per heavy atom. The lowest BCUT2D eigenvalue weighted by molar-refractivity contribution is 0.0778. The molecular weight excluding hydrogens is 325 g/mol. The molecule has 0 bridgehead atoms. The number of nitrogens with zero attached hydrogens (tertiary/aromatic N) is 3. The van der Waals surface area contributed by atoms with E-state index in [1.54, 1.807) is 12.1 Å². The fourth-order valence-corrected chi connectivity index (χ4v) is 3.71. The lowest BCUT2D eigenvalue weighted by atomic mass is 10.0. The number of β-amino-alcohol motifs (C(OH)–C–C–N with tert-alkyl or cyclic N) is 1. The van der Waals surface area contributed by atoms with Crippen molar-refractivity contribution in [1.82, 2.24) is 15.0 Å². The fraction of sp³-hybridized carbons (Fsp3) is 0.556. The maximum atomic E-state index is 13.2. The van der Waals surface area contributed by atoms with Gasteiger partial charge in [-0.05, 0) is 37.0 Å². The zero-order chi connectivity index (χ0) is 17.2. The second-order valence-corrected chi connectivity index (χ2v) is 6.82. The summed E-state index contributed by atoms with van der Waals surface area (Å²) in [5.41, 5.74) is 0.992. The summed E-state index contributed by atoms with van der Waals surface area (Å²) in [7, 11) is 0. The third kappa shape index (κ3) is 3.73. The molecule has 0 amide bonds. The second-order valence-electron chi connectivity index (χ2n) is 6.82. The van der Waals surface area contributed by atoms with Crippen LogP contribution in [0.15, 0.2) is 28.8 Å². The topological polar surface area (TPSA) is 71.6 Å². The number of hydrogen-bond donors (Lipinski definition) is 1. The van der Waals surface area contributed by atoms with Crippen LogP contribution >= 0.6 is 0 Å². The van der Waals surface area contributed by atoms with Crippen LogP contribution in [-0.4, -0.2) is 46.0 Å². The summed E-state index contributed by atoms with van der Waals surface area (Å²) < 4.78 is 24.0. The summed E-state index contributed by atoms with van der Waals surface area (Å²) in [4.78, 5) is 6.67. The van der Waals surface area contributed by atoms with Gasteiger partial charge in [-0.25, -0.2) is 4.39 Å². The van der Waals surface area contributed by atoms with E-state index in [0.29, 0.717) is 31.2 Å².